The average molecular weight is 298 g/mol. The molecule has 5 heteroatoms. The highest BCUT2D eigenvalue weighted by atomic mass is 35.5. The number of benzene rings is 1. The van der Waals surface area contributed by atoms with Crippen LogP contribution in [0, 0.1) is 11.8 Å². The van der Waals surface area contributed by atoms with Crippen LogP contribution in [0.5, 0.6) is 5.75 Å². The van der Waals surface area contributed by atoms with E-state index >= 15 is 0 Å². The van der Waals surface area contributed by atoms with Crippen molar-refractivity contribution in [3.63, 3.8) is 0 Å². The summed E-state index contributed by atoms with van der Waals surface area (Å²) in [6, 6.07) is 5.57. The number of halogens is 1. The first-order valence-corrected chi connectivity index (χ1v) is 7.15. The van der Waals surface area contributed by atoms with E-state index in [4.69, 9.17) is 16.3 Å². The molecule has 2 atom stereocenters. The van der Waals surface area contributed by atoms with Crippen molar-refractivity contribution < 1.29 is 14.6 Å². The van der Waals surface area contributed by atoms with Gasteiger partial charge in [-0.3, -0.25) is 9.69 Å². The van der Waals surface area contributed by atoms with Crippen molar-refractivity contribution in [2.75, 3.05) is 20.2 Å². The number of nitrogens with zero attached hydrogens (tertiary/aromatic N) is 1. The maximum atomic E-state index is 11.2. The number of methoxy groups -OCH3 is 1. The van der Waals surface area contributed by atoms with Crippen LogP contribution in [0.25, 0.3) is 0 Å². The Kier molecular flexibility index (Phi) is 4.89. The lowest BCUT2D eigenvalue weighted by atomic mass is 9.90. The minimum Gasteiger partial charge on any atom is -0.496 e. The third-order valence-electron chi connectivity index (χ3n) is 3.73. The van der Waals surface area contributed by atoms with Gasteiger partial charge in [0.1, 0.15) is 5.75 Å². The molecule has 1 saturated heterocycles. The molecule has 0 radical (unpaired) electrons. The highest BCUT2D eigenvalue weighted by molar-refractivity contribution is 6.30. The highest BCUT2D eigenvalue weighted by Crippen LogP contribution is 2.28. The van der Waals surface area contributed by atoms with Gasteiger partial charge in [-0.2, -0.15) is 0 Å². The van der Waals surface area contributed by atoms with Crippen molar-refractivity contribution in [1.29, 1.82) is 0 Å². The van der Waals surface area contributed by atoms with Gasteiger partial charge in [0.25, 0.3) is 0 Å². The molecule has 20 heavy (non-hydrogen) atoms. The van der Waals surface area contributed by atoms with Gasteiger partial charge in [-0.1, -0.05) is 24.6 Å². The van der Waals surface area contributed by atoms with Crippen molar-refractivity contribution in [3.8, 4) is 5.75 Å². The van der Waals surface area contributed by atoms with Crippen LogP contribution in [-0.2, 0) is 11.3 Å². The minimum absolute atomic E-state index is 0.281. The molecule has 1 aliphatic rings. The van der Waals surface area contributed by atoms with Crippen molar-refractivity contribution in [2.24, 2.45) is 11.8 Å². The standard InChI is InChI=1S/C15H20ClNO3/c1-10-5-12(15(18)19)9-17(7-10)8-11-3-4-13(16)6-14(11)20-2/h3-4,6,10,12H,5,7-9H2,1-2H3,(H,18,19). The molecule has 1 aromatic carbocycles. The summed E-state index contributed by atoms with van der Waals surface area (Å²) in [5.41, 5.74) is 1.04. The van der Waals surface area contributed by atoms with Gasteiger partial charge in [0.15, 0.2) is 0 Å². The smallest absolute Gasteiger partial charge is 0.307 e. The molecule has 1 aromatic rings. The van der Waals surface area contributed by atoms with Crippen LogP contribution in [0.1, 0.15) is 18.9 Å². The first-order valence-electron chi connectivity index (χ1n) is 6.77. The van der Waals surface area contributed by atoms with Crippen LogP contribution >= 0.6 is 11.6 Å². The Morgan fingerprint density at radius 3 is 2.90 bits per heavy atom. The molecule has 1 heterocycles. The Morgan fingerprint density at radius 2 is 2.25 bits per heavy atom. The van der Waals surface area contributed by atoms with Gasteiger partial charge >= 0.3 is 5.97 Å². The molecule has 2 rings (SSSR count). The predicted molar refractivity (Wildman–Crippen MR) is 78.2 cm³/mol. The molecule has 0 aliphatic carbocycles. The van der Waals surface area contributed by atoms with Crippen LogP contribution in [0.15, 0.2) is 18.2 Å². The lowest BCUT2D eigenvalue weighted by Gasteiger charge is -2.34. The van der Waals surface area contributed by atoms with Crippen LogP contribution in [-0.4, -0.2) is 36.2 Å². The van der Waals surface area contributed by atoms with Gasteiger partial charge in [0.2, 0.25) is 0 Å². The number of piperidine rings is 1. The van der Waals surface area contributed by atoms with Gasteiger partial charge in [0, 0.05) is 30.2 Å². The van der Waals surface area contributed by atoms with E-state index in [2.05, 4.69) is 11.8 Å². The summed E-state index contributed by atoms with van der Waals surface area (Å²) in [6.07, 6.45) is 0.754. The van der Waals surface area contributed by atoms with Crippen molar-refractivity contribution >= 4 is 17.6 Å². The molecule has 1 N–H and O–H groups in total. The summed E-state index contributed by atoms with van der Waals surface area (Å²) >= 11 is 5.95. The Morgan fingerprint density at radius 1 is 1.50 bits per heavy atom. The SMILES string of the molecule is COc1cc(Cl)ccc1CN1CC(C)CC(C(=O)O)C1. The third-order valence-corrected chi connectivity index (χ3v) is 3.96. The lowest BCUT2D eigenvalue weighted by molar-refractivity contribution is -0.144. The molecule has 0 spiro atoms. The average Bonchev–Trinajstić information content (AvgIpc) is 2.40. The van der Waals surface area contributed by atoms with Gasteiger partial charge in [0.05, 0.1) is 13.0 Å². The molecular weight excluding hydrogens is 278 g/mol. The van der Waals surface area contributed by atoms with Gasteiger partial charge in [-0.15, -0.1) is 0 Å². The molecular formula is C15H20ClNO3. The third kappa shape index (κ3) is 3.64. The minimum atomic E-state index is -0.704. The number of hydrogen-bond acceptors (Lipinski definition) is 3. The zero-order valence-corrected chi connectivity index (χ0v) is 12.6. The Bertz CT molecular complexity index is 492. The molecule has 0 aromatic heterocycles. The quantitative estimate of drug-likeness (QED) is 0.928. The number of hydrogen-bond donors (Lipinski definition) is 1. The fraction of sp³-hybridized carbons (Fsp3) is 0.533. The topological polar surface area (TPSA) is 49.8 Å². The maximum Gasteiger partial charge on any atom is 0.307 e. The molecule has 110 valence electrons. The number of ether oxygens (including phenoxy) is 1. The lowest BCUT2D eigenvalue weighted by Crippen LogP contribution is -2.42. The van der Waals surface area contributed by atoms with E-state index in [1.807, 2.05) is 12.1 Å². The zero-order valence-electron chi connectivity index (χ0n) is 11.8. The Balaban J connectivity index is 2.11. The van der Waals surface area contributed by atoms with E-state index < -0.39 is 5.97 Å². The molecule has 1 aliphatic heterocycles. The highest BCUT2D eigenvalue weighted by Gasteiger charge is 2.29. The second kappa shape index (κ2) is 6.46. The number of carboxylic acids is 1. The Hall–Kier alpha value is -1.26. The number of likely N-dealkylation sites (tertiary alicyclic amines) is 1. The van der Waals surface area contributed by atoms with Crippen molar-refractivity contribution in [3.05, 3.63) is 28.8 Å². The number of aliphatic carboxylic acids is 1. The largest absolute Gasteiger partial charge is 0.496 e. The monoisotopic (exact) mass is 297 g/mol. The second-order valence-electron chi connectivity index (χ2n) is 5.53. The van der Waals surface area contributed by atoms with Gasteiger partial charge in [-0.05, 0) is 24.5 Å². The Labute approximate surface area is 124 Å². The fourth-order valence-electron chi connectivity index (χ4n) is 2.86. The summed E-state index contributed by atoms with van der Waals surface area (Å²) in [5, 5.41) is 9.85. The van der Waals surface area contributed by atoms with Crippen molar-refractivity contribution in [2.45, 2.75) is 19.9 Å². The van der Waals surface area contributed by atoms with E-state index in [-0.39, 0.29) is 5.92 Å². The van der Waals surface area contributed by atoms with Crippen LogP contribution in [0.2, 0.25) is 5.02 Å². The number of carboxylic acid groups (broad SMARTS) is 1. The summed E-state index contributed by atoms with van der Waals surface area (Å²) in [4.78, 5) is 13.4. The summed E-state index contributed by atoms with van der Waals surface area (Å²) in [7, 11) is 1.62. The van der Waals surface area contributed by atoms with Crippen molar-refractivity contribution in [1.82, 2.24) is 4.90 Å². The molecule has 0 saturated carbocycles. The first kappa shape index (κ1) is 15.1. The van der Waals surface area contributed by atoms with Crippen LogP contribution < -0.4 is 4.74 Å². The van der Waals surface area contributed by atoms with Crippen LogP contribution in [0.3, 0.4) is 0 Å². The van der Waals surface area contributed by atoms with E-state index in [1.165, 1.54) is 0 Å². The summed E-state index contributed by atoms with van der Waals surface area (Å²) in [5.74, 6) is 0.160. The molecule has 4 nitrogen and oxygen atoms in total. The molecule has 2 unspecified atom stereocenters. The number of rotatable bonds is 4. The second-order valence-corrected chi connectivity index (χ2v) is 5.96. The fourth-order valence-corrected chi connectivity index (χ4v) is 3.02. The zero-order chi connectivity index (χ0) is 14.7. The maximum absolute atomic E-state index is 11.2. The molecule has 1 fully saturated rings. The predicted octanol–water partition coefficient (Wildman–Crippen LogP) is 2.89. The molecule has 0 bridgehead atoms. The van der Waals surface area contributed by atoms with E-state index in [0.29, 0.717) is 24.0 Å². The van der Waals surface area contributed by atoms with Gasteiger partial charge in [-0.25, -0.2) is 0 Å². The van der Waals surface area contributed by atoms with Gasteiger partial charge < -0.3 is 9.84 Å². The summed E-state index contributed by atoms with van der Waals surface area (Å²) < 4.78 is 5.34. The molecule has 0 amide bonds. The normalized spacial score (nSPS) is 23.6. The van der Waals surface area contributed by atoms with E-state index in [1.54, 1.807) is 13.2 Å². The van der Waals surface area contributed by atoms with E-state index in [0.717, 1.165) is 24.3 Å². The number of carbonyl (C=O) groups is 1. The van der Waals surface area contributed by atoms with E-state index in [9.17, 15) is 9.90 Å². The first-order chi connectivity index (χ1) is 9.49. The summed E-state index contributed by atoms with van der Waals surface area (Å²) in [6.45, 7) is 4.29. The van der Waals surface area contributed by atoms with Crippen LogP contribution in [0.4, 0.5) is 0 Å².